The molecule has 0 unspecified atom stereocenters. The van der Waals surface area contributed by atoms with Crippen LogP contribution in [0.3, 0.4) is 0 Å². The molecule has 2 aromatic rings. The molecule has 0 bridgehead atoms. The molecule has 19 heavy (non-hydrogen) atoms. The smallest absolute Gasteiger partial charge is 0.338 e. The summed E-state index contributed by atoms with van der Waals surface area (Å²) in [5, 5.41) is 13.1. The van der Waals surface area contributed by atoms with Crippen molar-refractivity contribution in [2.24, 2.45) is 0 Å². The molecular weight excluding hydrogens is 268 g/mol. The number of amides is 1. The van der Waals surface area contributed by atoms with Gasteiger partial charge in [-0.15, -0.1) is 11.3 Å². The van der Waals surface area contributed by atoms with Gasteiger partial charge in [-0.1, -0.05) is 0 Å². The number of H-pyrrole nitrogens is 1. The van der Waals surface area contributed by atoms with E-state index >= 15 is 0 Å². The van der Waals surface area contributed by atoms with Crippen LogP contribution in [0.2, 0.25) is 0 Å². The minimum atomic E-state index is -1.13. The molecule has 0 radical (unpaired) electrons. The van der Waals surface area contributed by atoms with Gasteiger partial charge < -0.3 is 15.4 Å². The van der Waals surface area contributed by atoms with E-state index in [0.29, 0.717) is 5.69 Å². The van der Waals surface area contributed by atoms with Crippen LogP contribution < -0.4 is 10.9 Å². The van der Waals surface area contributed by atoms with Gasteiger partial charge in [0.15, 0.2) is 0 Å². The third-order valence-electron chi connectivity index (χ3n) is 2.42. The topological polar surface area (TPSA) is 99.3 Å². The van der Waals surface area contributed by atoms with Crippen molar-refractivity contribution in [2.45, 2.75) is 6.92 Å². The molecule has 98 valence electrons. The molecule has 0 aliphatic heterocycles. The Hall–Kier alpha value is -2.41. The highest BCUT2D eigenvalue weighted by Gasteiger charge is 2.16. The number of carboxylic acid groups (broad SMARTS) is 1. The Bertz CT molecular complexity index is 702. The zero-order chi connectivity index (χ0) is 14.0. The third kappa shape index (κ3) is 2.71. The highest BCUT2D eigenvalue weighted by molar-refractivity contribution is 7.14. The maximum atomic E-state index is 11.9. The summed E-state index contributed by atoms with van der Waals surface area (Å²) >= 11 is 1.08. The van der Waals surface area contributed by atoms with Gasteiger partial charge in [0.1, 0.15) is 10.6 Å². The first kappa shape index (κ1) is 13.0. The molecule has 2 aromatic heterocycles. The first-order valence-corrected chi connectivity index (χ1v) is 6.19. The van der Waals surface area contributed by atoms with Crippen molar-refractivity contribution >= 4 is 28.2 Å². The molecular formula is C12H10N2O4S. The summed E-state index contributed by atoms with van der Waals surface area (Å²) < 4.78 is 0. The molecule has 2 heterocycles. The molecule has 3 N–H and O–H groups in total. The molecule has 0 saturated carbocycles. The number of pyridine rings is 1. The van der Waals surface area contributed by atoms with Crippen LogP contribution in [0.1, 0.15) is 26.4 Å². The number of carbonyl (C=O) groups excluding carboxylic acids is 1. The summed E-state index contributed by atoms with van der Waals surface area (Å²) in [7, 11) is 0. The van der Waals surface area contributed by atoms with Crippen molar-refractivity contribution in [3.8, 4) is 0 Å². The van der Waals surface area contributed by atoms with Crippen molar-refractivity contribution in [2.75, 3.05) is 5.32 Å². The second kappa shape index (κ2) is 5.07. The fourth-order valence-electron chi connectivity index (χ4n) is 1.50. The predicted molar refractivity (Wildman–Crippen MR) is 71.0 cm³/mol. The lowest BCUT2D eigenvalue weighted by atomic mass is 10.2. The van der Waals surface area contributed by atoms with Gasteiger partial charge in [-0.25, -0.2) is 4.79 Å². The second-order valence-corrected chi connectivity index (χ2v) is 4.72. The molecule has 0 saturated heterocycles. The molecule has 2 rings (SSSR count). The first-order valence-electron chi connectivity index (χ1n) is 5.31. The average Bonchev–Trinajstić information content (AvgIpc) is 2.76. The van der Waals surface area contributed by atoms with E-state index in [-0.39, 0.29) is 16.1 Å². The van der Waals surface area contributed by atoms with E-state index in [9.17, 15) is 14.4 Å². The van der Waals surface area contributed by atoms with Crippen LogP contribution in [0, 0.1) is 6.92 Å². The number of anilines is 1. The molecule has 1 amide bonds. The highest BCUT2D eigenvalue weighted by Crippen LogP contribution is 2.23. The van der Waals surface area contributed by atoms with E-state index in [2.05, 4.69) is 10.3 Å². The van der Waals surface area contributed by atoms with Crippen LogP contribution in [0.25, 0.3) is 0 Å². The minimum Gasteiger partial charge on any atom is -0.478 e. The molecule has 0 fully saturated rings. The van der Waals surface area contributed by atoms with E-state index < -0.39 is 17.4 Å². The number of rotatable bonds is 3. The average molecular weight is 278 g/mol. The second-order valence-electron chi connectivity index (χ2n) is 3.81. The Labute approximate surface area is 111 Å². The number of carboxylic acids is 1. The monoisotopic (exact) mass is 278 g/mol. The molecule has 6 nitrogen and oxygen atoms in total. The van der Waals surface area contributed by atoms with Crippen molar-refractivity contribution in [1.29, 1.82) is 0 Å². The Kier molecular flexibility index (Phi) is 3.48. The van der Waals surface area contributed by atoms with E-state index in [4.69, 9.17) is 5.11 Å². The fraction of sp³-hybridized carbons (Fsp3) is 0.0833. The Morgan fingerprint density at radius 3 is 2.63 bits per heavy atom. The molecule has 0 aliphatic carbocycles. The van der Waals surface area contributed by atoms with Gasteiger partial charge in [-0.2, -0.15) is 0 Å². The number of carbonyl (C=O) groups is 2. The third-order valence-corrected chi connectivity index (χ3v) is 3.25. The summed E-state index contributed by atoms with van der Waals surface area (Å²) in [5.74, 6) is -1.76. The van der Waals surface area contributed by atoms with Gasteiger partial charge in [-0.3, -0.25) is 9.59 Å². The van der Waals surface area contributed by atoms with Crippen molar-refractivity contribution < 1.29 is 14.7 Å². The SMILES string of the molecule is Cc1ccc(C(=O)Nc2sccc2C(=O)O)c(=O)[nH]1. The number of aryl methyl sites for hydroxylation is 1. The van der Waals surface area contributed by atoms with Crippen LogP contribution >= 0.6 is 11.3 Å². The lowest BCUT2D eigenvalue weighted by Crippen LogP contribution is -2.23. The molecule has 0 spiro atoms. The van der Waals surface area contributed by atoms with Gasteiger partial charge in [0.2, 0.25) is 0 Å². The highest BCUT2D eigenvalue weighted by atomic mass is 32.1. The largest absolute Gasteiger partial charge is 0.478 e. The molecule has 0 aromatic carbocycles. The zero-order valence-electron chi connectivity index (χ0n) is 9.89. The van der Waals surface area contributed by atoms with Crippen molar-refractivity contribution in [1.82, 2.24) is 4.98 Å². The number of aromatic nitrogens is 1. The number of thiophene rings is 1. The summed E-state index contributed by atoms with van der Waals surface area (Å²) in [6, 6.07) is 4.39. The Balaban J connectivity index is 2.28. The van der Waals surface area contributed by atoms with Gasteiger partial charge in [0.05, 0.1) is 5.56 Å². The Morgan fingerprint density at radius 2 is 2.00 bits per heavy atom. The van der Waals surface area contributed by atoms with Crippen LogP contribution in [0.15, 0.2) is 28.4 Å². The normalized spacial score (nSPS) is 10.2. The molecule has 0 aliphatic rings. The fourth-order valence-corrected chi connectivity index (χ4v) is 2.27. The number of aromatic amines is 1. The minimum absolute atomic E-state index is 0.00175. The van der Waals surface area contributed by atoms with Gasteiger partial charge in [0.25, 0.3) is 11.5 Å². The van der Waals surface area contributed by atoms with Crippen molar-refractivity contribution in [3.05, 3.63) is 50.8 Å². The summed E-state index contributed by atoms with van der Waals surface area (Å²) in [6.07, 6.45) is 0. The van der Waals surface area contributed by atoms with Crippen LogP contribution in [-0.4, -0.2) is 22.0 Å². The number of nitrogens with one attached hydrogen (secondary N) is 2. The molecule has 7 heteroatoms. The maximum absolute atomic E-state index is 11.9. The number of aromatic carboxylic acids is 1. The number of hydrogen-bond acceptors (Lipinski definition) is 4. The maximum Gasteiger partial charge on any atom is 0.338 e. The lowest BCUT2D eigenvalue weighted by Gasteiger charge is -2.03. The zero-order valence-corrected chi connectivity index (χ0v) is 10.7. The van der Waals surface area contributed by atoms with Gasteiger partial charge in [0, 0.05) is 5.69 Å². The standard InChI is InChI=1S/C12H10N2O4S/c1-6-2-3-7(9(15)13-6)10(16)14-11-8(12(17)18)4-5-19-11/h2-5H,1H3,(H,13,15)(H,14,16)(H,17,18). The van der Waals surface area contributed by atoms with Crippen molar-refractivity contribution in [3.63, 3.8) is 0 Å². The van der Waals surface area contributed by atoms with Crippen LogP contribution in [0.4, 0.5) is 5.00 Å². The predicted octanol–water partition coefficient (Wildman–Crippen LogP) is 1.70. The van der Waals surface area contributed by atoms with Gasteiger partial charge >= 0.3 is 5.97 Å². The Morgan fingerprint density at radius 1 is 1.26 bits per heavy atom. The quantitative estimate of drug-likeness (QED) is 0.795. The van der Waals surface area contributed by atoms with E-state index in [0.717, 1.165) is 11.3 Å². The van der Waals surface area contributed by atoms with Gasteiger partial charge in [-0.05, 0) is 30.5 Å². The van der Waals surface area contributed by atoms with E-state index in [1.807, 2.05) is 0 Å². The summed E-state index contributed by atoms with van der Waals surface area (Å²) in [4.78, 5) is 36.9. The van der Waals surface area contributed by atoms with E-state index in [1.165, 1.54) is 12.1 Å². The lowest BCUT2D eigenvalue weighted by molar-refractivity contribution is 0.0698. The first-order chi connectivity index (χ1) is 8.99. The van der Waals surface area contributed by atoms with Crippen LogP contribution in [0.5, 0.6) is 0 Å². The molecule has 0 atom stereocenters. The summed E-state index contributed by atoms with van der Waals surface area (Å²) in [6.45, 7) is 1.70. The van der Waals surface area contributed by atoms with E-state index in [1.54, 1.807) is 18.4 Å². The summed E-state index contributed by atoms with van der Waals surface area (Å²) in [5.41, 5.74) is 0.0760. The number of hydrogen-bond donors (Lipinski definition) is 3. The van der Waals surface area contributed by atoms with Crippen LogP contribution in [-0.2, 0) is 0 Å².